The molecule has 2 aromatic carbocycles. The summed E-state index contributed by atoms with van der Waals surface area (Å²) in [6.45, 7) is 1.73. The number of nitrogens with one attached hydrogen (secondary N) is 1. The van der Waals surface area contributed by atoms with Gasteiger partial charge in [0.15, 0.2) is 0 Å². The largest absolute Gasteiger partial charge is 0.508 e. The minimum absolute atomic E-state index is 0.0159. The molecule has 0 aliphatic carbocycles. The van der Waals surface area contributed by atoms with E-state index in [0.29, 0.717) is 27.0 Å². The van der Waals surface area contributed by atoms with Crippen LogP contribution < -0.4 is 10.2 Å². The second-order valence-electron chi connectivity index (χ2n) is 5.54. The van der Waals surface area contributed by atoms with E-state index >= 15 is 0 Å². The lowest BCUT2D eigenvalue weighted by atomic mass is 10.1. The fourth-order valence-corrected chi connectivity index (χ4v) is 3.05. The molecule has 1 saturated heterocycles. The molecular weight excluding hydrogens is 351 g/mol. The van der Waals surface area contributed by atoms with Crippen LogP contribution in [0, 0.1) is 6.92 Å². The van der Waals surface area contributed by atoms with Gasteiger partial charge in [-0.1, -0.05) is 29.3 Å². The number of carbonyl (C=O) groups excluding carboxylic acids is 2. The molecule has 124 valence electrons. The van der Waals surface area contributed by atoms with Crippen LogP contribution in [-0.4, -0.2) is 23.0 Å². The average molecular weight is 365 g/mol. The van der Waals surface area contributed by atoms with Gasteiger partial charge in [-0.3, -0.25) is 9.59 Å². The molecule has 24 heavy (non-hydrogen) atoms. The number of benzene rings is 2. The van der Waals surface area contributed by atoms with E-state index in [1.54, 1.807) is 31.2 Å². The zero-order chi connectivity index (χ0) is 17.4. The van der Waals surface area contributed by atoms with E-state index in [1.165, 1.54) is 12.1 Å². The van der Waals surface area contributed by atoms with Gasteiger partial charge >= 0.3 is 0 Å². The third-order valence-electron chi connectivity index (χ3n) is 3.85. The quantitative estimate of drug-likeness (QED) is 0.813. The van der Waals surface area contributed by atoms with Crippen molar-refractivity contribution < 1.29 is 14.7 Å². The van der Waals surface area contributed by atoms with Crippen molar-refractivity contribution in [2.75, 3.05) is 10.2 Å². The SMILES string of the molecule is Cc1cc(O)ccc1N1C(=O)CC(Nc2cccc(Cl)c2Cl)C1=O. The number of carbonyl (C=O) groups is 2. The third kappa shape index (κ3) is 2.92. The van der Waals surface area contributed by atoms with Crippen LogP contribution in [0.3, 0.4) is 0 Å². The smallest absolute Gasteiger partial charge is 0.256 e. The Morgan fingerprint density at radius 2 is 1.96 bits per heavy atom. The topological polar surface area (TPSA) is 69.6 Å². The number of nitrogens with zero attached hydrogens (tertiary/aromatic N) is 1. The minimum Gasteiger partial charge on any atom is -0.508 e. The average Bonchev–Trinajstić information content (AvgIpc) is 2.79. The van der Waals surface area contributed by atoms with Crippen LogP contribution in [0.4, 0.5) is 11.4 Å². The Labute approximate surface area is 148 Å². The molecule has 1 heterocycles. The highest BCUT2D eigenvalue weighted by atomic mass is 35.5. The first kappa shape index (κ1) is 16.6. The van der Waals surface area contributed by atoms with Crippen LogP contribution in [0.1, 0.15) is 12.0 Å². The predicted molar refractivity (Wildman–Crippen MR) is 93.8 cm³/mol. The summed E-state index contributed by atoms with van der Waals surface area (Å²) >= 11 is 12.1. The monoisotopic (exact) mass is 364 g/mol. The number of phenols is 1. The number of phenolic OH excluding ortho intramolecular Hbond substituents is 1. The van der Waals surface area contributed by atoms with E-state index in [4.69, 9.17) is 23.2 Å². The van der Waals surface area contributed by atoms with Gasteiger partial charge in [-0.05, 0) is 42.8 Å². The van der Waals surface area contributed by atoms with Crippen molar-refractivity contribution in [3.8, 4) is 5.75 Å². The summed E-state index contributed by atoms with van der Waals surface area (Å²) in [5.41, 5.74) is 1.60. The molecule has 2 N–H and O–H groups in total. The van der Waals surface area contributed by atoms with Gasteiger partial charge in [-0.25, -0.2) is 4.90 Å². The summed E-state index contributed by atoms with van der Waals surface area (Å²) in [6.07, 6.45) is 0.0159. The number of halogens is 2. The molecule has 0 saturated carbocycles. The van der Waals surface area contributed by atoms with Crippen LogP contribution >= 0.6 is 23.2 Å². The lowest BCUT2D eigenvalue weighted by molar-refractivity contribution is -0.121. The summed E-state index contributed by atoms with van der Waals surface area (Å²) in [5, 5.41) is 13.1. The molecule has 1 fully saturated rings. The van der Waals surface area contributed by atoms with E-state index in [1.807, 2.05) is 0 Å². The van der Waals surface area contributed by atoms with Crippen molar-refractivity contribution in [3.05, 3.63) is 52.0 Å². The van der Waals surface area contributed by atoms with Crippen LogP contribution in [-0.2, 0) is 9.59 Å². The number of aryl methyl sites for hydroxylation is 1. The van der Waals surface area contributed by atoms with Gasteiger partial charge in [0.25, 0.3) is 5.91 Å². The highest BCUT2D eigenvalue weighted by molar-refractivity contribution is 6.43. The lowest BCUT2D eigenvalue weighted by Crippen LogP contribution is -2.35. The van der Waals surface area contributed by atoms with Gasteiger partial charge in [-0.2, -0.15) is 0 Å². The molecule has 3 rings (SSSR count). The highest BCUT2D eigenvalue weighted by Crippen LogP contribution is 2.33. The van der Waals surface area contributed by atoms with Gasteiger partial charge in [0.05, 0.1) is 27.8 Å². The molecule has 0 bridgehead atoms. The molecular formula is C17H14Cl2N2O3. The molecule has 1 aliphatic rings. The maximum Gasteiger partial charge on any atom is 0.256 e. The molecule has 2 amide bonds. The number of hydrogen-bond acceptors (Lipinski definition) is 4. The molecule has 7 heteroatoms. The van der Waals surface area contributed by atoms with Crippen LogP contribution in [0.25, 0.3) is 0 Å². The maximum absolute atomic E-state index is 12.7. The van der Waals surface area contributed by atoms with E-state index < -0.39 is 6.04 Å². The third-order valence-corrected chi connectivity index (χ3v) is 4.67. The van der Waals surface area contributed by atoms with E-state index in [0.717, 1.165) is 4.90 Å². The Morgan fingerprint density at radius 1 is 1.21 bits per heavy atom. The number of aromatic hydroxyl groups is 1. The summed E-state index contributed by atoms with van der Waals surface area (Å²) in [7, 11) is 0. The molecule has 2 aromatic rings. The molecule has 0 spiro atoms. The van der Waals surface area contributed by atoms with Crippen LogP contribution in [0.5, 0.6) is 5.75 Å². The second kappa shape index (κ2) is 6.34. The first-order valence-corrected chi connectivity index (χ1v) is 8.01. The van der Waals surface area contributed by atoms with E-state index in [2.05, 4.69) is 5.32 Å². The number of imide groups is 1. The van der Waals surface area contributed by atoms with Crippen molar-refractivity contribution in [2.24, 2.45) is 0 Å². The summed E-state index contributed by atoms with van der Waals surface area (Å²) in [4.78, 5) is 26.1. The van der Waals surface area contributed by atoms with Crippen LogP contribution in [0.15, 0.2) is 36.4 Å². The standard InChI is InChI=1S/C17H14Cl2N2O3/c1-9-7-10(22)5-6-14(9)21-15(23)8-13(17(21)24)20-12-4-2-3-11(18)16(12)19/h2-7,13,20,22H,8H2,1H3. The second-order valence-corrected chi connectivity index (χ2v) is 6.33. The number of anilines is 2. The molecule has 1 aliphatic heterocycles. The molecule has 5 nitrogen and oxygen atoms in total. The summed E-state index contributed by atoms with van der Waals surface area (Å²) < 4.78 is 0. The lowest BCUT2D eigenvalue weighted by Gasteiger charge is -2.18. The Bertz CT molecular complexity index is 839. The van der Waals surface area contributed by atoms with Gasteiger partial charge in [0.1, 0.15) is 11.8 Å². The van der Waals surface area contributed by atoms with Crippen molar-refractivity contribution in [1.29, 1.82) is 0 Å². The van der Waals surface area contributed by atoms with Gasteiger partial charge in [0, 0.05) is 0 Å². The zero-order valence-corrected chi connectivity index (χ0v) is 14.2. The molecule has 1 atom stereocenters. The maximum atomic E-state index is 12.7. The first-order chi connectivity index (χ1) is 11.4. The summed E-state index contributed by atoms with van der Waals surface area (Å²) in [6, 6.07) is 8.82. The first-order valence-electron chi connectivity index (χ1n) is 7.25. The Kier molecular flexibility index (Phi) is 4.39. The van der Waals surface area contributed by atoms with Gasteiger partial charge < -0.3 is 10.4 Å². The zero-order valence-electron chi connectivity index (χ0n) is 12.7. The Balaban J connectivity index is 1.88. The van der Waals surface area contributed by atoms with E-state index in [-0.39, 0.29) is 24.0 Å². The van der Waals surface area contributed by atoms with Crippen molar-refractivity contribution in [2.45, 2.75) is 19.4 Å². The normalized spacial score (nSPS) is 17.5. The van der Waals surface area contributed by atoms with Gasteiger partial charge in [-0.15, -0.1) is 0 Å². The highest BCUT2D eigenvalue weighted by Gasteiger charge is 2.40. The predicted octanol–water partition coefficient (Wildman–Crippen LogP) is 3.75. The van der Waals surface area contributed by atoms with E-state index in [9.17, 15) is 14.7 Å². The van der Waals surface area contributed by atoms with Crippen LogP contribution in [0.2, 0.25) is 10.0 Å². The Morgan fingerprint density at radius 3 is 2.67 bits per heavy atom. The molecule has 1 unspecified atom stereocenters. The Hall–Kier alpha value is -2.24. The fourth-order valence-electron chi connectivity index (χ4n) is 2.69. The summed E-state index contributed by atoms with van der Waals surface area (Å²) in [5.74, 6) is -0.606. The number of amides is 2. The van der Waals surface area contributed by atoms with Gasteiger partial charge in [0.2, 0.25) is 5.91 Å². The molecule has 0 aromatic heterocycles. The minimum atomic E-state index is -0.721. The fraction of sp³-hybridized carbons (Fsp3) is 0.176. The van der Waals surface area contributed by atoms with Crippen molar-refractivity contribution in [3.63, 3.8) is 0 Å². The number of hydrogen-bond donors (Lipinski definition) is 2. The van der Waals surface area contributed by atoms with Crippen molar-refractivity contribution >= 4 is 46.4 Å². The number of rotatable bonds is 3. The van der Waals surface area contributed by atoms with Crippen molar-refractivity contribution in [1.82, 2.24) is 0 Å². The molecule has 0 radical (unpaired) electrons.